The lowest BCUT2D eigenvalue weighted by Gasteiger charge is -2.10. The van der Waals surface area contributed by atoms with Crippen molar-refractivity contribution in [1.82, 2.24) is 15.1 Å². The van der Waals surface area contributed by atoms with Gasteiger partial charge in [0.15, 0.2) is 5.78 Å². The average Bonchev–Trinajstić information content (AvgIpc) is 2.69. The highest BCUT2D eigenvalue weighted by Crippen LogP contribution is 2.15. The van der Waals surface area contributed by atoms with Gasteiger partial charge in [-0.05, 0) is 19.1 Å². The molecule has 0 aliphatic carbocycles. The molecule has 1 N–H and O–H groups in total. The van der Waals surface area contributed by atoms with Crippen molar-refractivity contribution < 1.29 is 9.59 Å². The maximum atomic E-state index is 12.8. The summed E-state index contributed by atoms with van der Waals surface area (Å²) < 4.78 is 1.27. The van der Waals surface area contributed by atoms with Crippen LogP contribution in [0.4, 0.5) is 0 Å². The molecule has 0 unspecified atom stereocenters. The number of nitrogens with zero attached hydrogens (tertiary/aromatic N) is 2. The molecule has 6 nitrogen and oxygen atoms in total. The third-order valence-corrected chi connectivity index (χ3v) is 4.12. The first-order chi connectivity index (χ1) is 13.1. The Bertz CT molecular complexity index is 1020. The number of aromatic nitrogens is 2. The van der Waals surface area contributed by atoms with E-state index in [1.807, 2.05) is 19.1 Å². The van der Waals surface area contributed by atoms with E-state index in [1.165, 1.54) is 16.9 Å². The summed E-state index contributed by atoms with van der Waals surface area (Å²) in [5.74, 6) is -0.572. The van der Waals surface area contributed by atoms with Crippen molar-refractivity contribution >= 4 is 11.7 Å². The molecule has 2 aromatic carbocycles. The molecule has 0 spiro atoms. The van der Waals surface area contributed by atoms with Crippen LogP contribution in [0.5, 0.6) is 0 Å². The van der Waals surface area contributed by atoms with Crippen LogP contribution in [-0.4, -0.2) is 28.0 Å². The molecule has 0 saturated carbocycles. The number of benzene rings is 2. The summed E-state index contributed by atoms with van der Waals surface area (Å²) in [4.78, 5) is 37.0. The Morgan fingerprint density at radius 2 is 1.67 bits per heavy atom. The highest BCUT2D eigenvalue weighted by atomic mass is 16.2. The van der Waals surface area contributed by atoms with Crippen LogP contribution in [0.15, 0.2) is 71.7 Å². The van der Waals surface area contributed by atoms with Gasteiger partial charge in [-0.25, -0.2) is 4.68 Å². The number of rotatable bonds is 6. The molecule has 0 fully saturated rings. The van der Waals surface area contributed by atoms with Crippen LogP contribution in [0, 0.1) is 6.92 Å². The van der Waals surface area contributed by atoms with Crippen LogP contribution < -0.4 is 10.9 Å². The molecule has 0 aliphatic rings. The summed E-state index contributed by atoms with van der Waals surface area (Å²) >= 11 is 0. The SMILES string of the molecule is Cc1ccc(C(=O)c2ccccc2C(=O)NCCn2ncccc2=O)cc1. The molecule has 0 radical (unpaired) electrons. The minimum Gasteiger partial charge on any atom is -0.350 e. The number of amides is 1. The van der Waals surface area contributed by atoms with E-state index in [-0.39, 0.29) is 30.3 Å². The molecule has 3 rings (SSSR count). The van der Waals surface area contributed by atoms with E-state index in [2.05, 4.69) is 10.4 Å². The van der Waals surface area contributed by atoms with Crippen molar-refractivity contribution in [2.24, 2.45) is 0 Å². The predicted molar refractivity (Wildman–Crippen MR) is 102 cm³/mol. The number of ketones is 1. The smallest absolute Gasteiger partial charge is 0.266 e. The molecule has 1 heterocycles. The van der Waals surface area contributed by atoms with Crippen LogP contribution in [0.3, 0.4) is 0 Å². The minimum absolute atomic E-state index is 0.207. The second-order valence-corrected chi connectivity index (χ2v) is 6.08. The molecular weight excluding hydrogens is 342 g/mol. The van der Waals surface area contributed by atoms with Crippen LogP contribution in [-0.2, 0) is 6.54 Å². The first-order valence-corrected chi connectivity index (χ1v) is 8.57. The Morgan fingerprint density at radius 3 is 2.37 bits per heavy atom. The molecule has 6 heteroatoms. The number of nitrogens with one attached hydrogen (secondary N) is 1. The van der Waals surface area contributed by atoms with Crippen molar-refractivity contribution in [2.45, 2.75) is 13.5 Å². The summed E-state index contributed by atoms with van der Waals surface area (Å²) in [7, 11) is 0. The summed E-state index contributed by atoms with van der Waals surface area (Å²) in [6, 6.07) is 16.9. The number of carbonyl (C=O) groups is 2. The third kappa shape index (κ3) is 4.36. The normalized spacial score (nSPS) is 10.4. The summed E-state index contributed by atoms with van der Waals surface area (Å²) in [6.07, 6.45) is 1.51. The van der Waals surface area contributed by atoms with Gasteiger partial charge >= 0.3 is 0 Å². The van der Waals surface area contributed by atoms with Crippen molar-refractivity contribution in [1.29, 1.82) is 0 Å². The zero-order chi connectivity index (χ0) is 19.2. The van der Waals surface area contributed by atoms with E-state index >= 15 is 0 Å². The number of aryl methyl sites for hydroxylation is 1. The van der Waals surface area contributed by atoms with Crippen molar-refractivity contribution in [3.05, 3.63) is 99.5 Å². The van der Waals surface area contributed by atoms with E-state index in [0.717, 1.165) is 5.56 Å². The second kappa shape index (κ2) is 8.23. The fourth-order valence-electron chi connectivity index (χ4n) is 2.67. The second-order valence-electron chi connectivity index (χ2n) is 6.08. The Kier molecular flexibility index (Phi) is 5.56. The van der Waals surface area contributed by atoms with E-state index in [4.69, 9.17) is 0 Å². The monoisotopic (exact) mass is 361 g/mol. The third-order valence-electron chi connectivity index (χ3n) is 4.12. The molecule has 0 saturated heterocycles. The van der Waals surface area contributed by atoms with E-state index in [0.29, 0.717) is 16.7 Å². The van der Waals surface area contributed by atoms with Crippen LogP contribution in [0.2, 0.25) is 0 Å². The molecule has 0 bridgehead atoms. The van der Waals surface area contributed by atoms with Gasteiger partial charge in [0.1, 0.15) is 0 Å². The quantitative estimate of drug-likeness (QED) is 0.683. The van der Waals surface area contributed by atoms with Gasteiger partial charge in [0, 0.05) is 29.9 Å². The van der Waals surface area contributed by atoms with Gasteiger partial charge in [0.05, 0.1) is 12.1 Å². The fourth-order valence-corrected chi connectivity index (χ4v) is 2.67. The van der Waals surface area contributed by atoms with Gasteiger partial charge in [-0.2, -0.15) is 5.10 Å². The Morgan fingerprint density at radius 1 is 0.963 bits per heavy atom. The van der Waals surface area contributed by atoms with E-state index < -0.39 is 0 Å². The van der Waals surface area contributed by atoms with Gasteiger partial charge in [0.25, 0.3) is 11.5 Å². The van der Waals surface area contributed by atoms with Gasteiger partial charge in [0.2, 0.25) is 0 Å². The van der Waals surface area contributed by atoms with Gasteiger partial charge < -0.3 is 5.32 Å². The Hall–Kier alpha value is -3.54. The topological polar surface area (TPSA) is 81.1 Å². The van der Waals surface area contributed by atoms with E-state index in [1.54, 1.807) is 42.5 Å². The lowest BCUT2D eigenvalue weighted by molar-refractivity contribution is 0.0940. The minimum atomic E-state index is -0.366. The van der Waals surface area contributed by atoms with Gasteiger partial charge in [-0.15, -0.1) is 0 Å². The lowest BCUT2D eigenvalue weighted by Crippen LogP contribution is -2.32. The van der Waals surface area contributed by atoms with Crippen molar-refractivity contribution in [3.8, 4) is 0 Å². The maximum absolute atomic E-state index is 12.8. The first kappa shape index (κ1) is 18.3. The van der Waals surface area contributed by atoms with Crippen molar-refractivity contribution in [3.63, 3.8) is 0 Å². The molecule has 136 valence electrons. The van der Waals surface area contributed by atoms with Crippen LogP contribution in [0.25, 0.3) is 0 Å². The largest absolute Gasteiger partial charge is 0.350 e. The average molecular weight is 361 g/mol. The van der Waals surface area contributed by atoms with Gasteiger partial charge in [-0.3, -0.25) is 14.4 Å². The first-order valence-electron chi connectivity index (χ1n) is 8.57. The summed E-state index contributed by atoms with van der Waals surface area (Å²) in [5.41, 5.74) is 2.00. The maximum Gasteiger partial charge on any atom is 0.266 e. The standard InChI is InChI=1S/C21H19N3O3/c1-15-8-10-16(11-9-15)20(26)17-5-2-3-6-18(17)21(27)22-13-14-24-19(25)7-4-12-23-24/h2-12H,13-14H2,1H3,(H,22,27). The number of hydrogen-bond acceptors (Lipinski definition) is 4. The summed E-state index contributed by atoms with van der Waals surface area (Å²) in [6.45, 7) is 2.42. The number of hydrogen-bond donors (Lipinski definition) is 1. The highest BCUT2D eigenvalue weighted by Gasteiger charge is 2.17. The molecular formula is C21H19N3O3. The molecule has 1 aromatic heterocycles. The summed E-state index contributed by atoms with van der Waals surface area (Å²) in [5, 5.41) is 6.68. The zero-order valence-electron chi connectivity index (χ0n) is 14.9. The van der Waals surface area contributed by atoms with Crippen LogP contribution in [0.1, 0.15) is 31.8 Å². The molecule has 0 aliphatic heterocycles. The molecule has 1 amide bonds. The van der Waals surface area contributed by atoms with Gasteiger partial charge in [-0.1, -0.05) is 48.0 Å². The molecule has 27 heavy (non-hydrogen) atoms. The van der Waals surface area contributed by atoms with Crippen LogP contribution >= 0.6 is 0 Å². The lowest BCUT2D eigenvalue weighted by atomic mass is 9.97. The predicted octanol–water partition coefficient (Wildman–Crippen LogP) is 2.21. The fraction of sp³-hybridized carbons (Fsp3) is 0.143. The zero-order valence-corrected chi connectivity index (χ0v) is 14.9. The Balaban J connectivity index is 1.74. The number of carbonyl (C=O) groups excluding carboxylic acids is 2. The van der Waals surface area contributed by atoms with Crippen molar-refractivity contribution in [2.75, 3.05) is 6.54 Å². The Labute approximate surface area is 156 Å². The van der Waals surface area contributed by atoms with E-state index in [9.17, 15) is 14.4 Å². The molecule has 0 atom stereocenters. The highest BCUT2D eigenvalue weighted by molar-refractivity contribution is 6.15. The molecule has 3 aromatic rings.